The highest BCUT2D eigenvalue weighted by Crippen LogP contribution is 2.25. The van der Waals surface area contributed by atoms with E-state index < -0.39 is 0 Å². The summed E-state index contributed by atoms with van der Waals surface area (Å²) in [6.07, 6.45) is 9.13. The summed E-state index contributed by atoms with van der Waals surface area (Å²) in [7, 11) is 1.87. The van der Waals surface area contributed by atoms with Gasteiger partial charge in [0.1, 0.15) is 5.75 Å². The average Bonchev–Trinajstić information content (AvgIpc) is 3.12. The second-order valence-electron chi connectivity index (χ2n) is 5.10. The van der Waals surface area contributed by atoms with Crippen LogP contribution in [-0.4, -0.2) is 29.3 Å². The standard InChI is InChI=1S/C16H13N5O/c1-20-9-12(6-19-20)14-10-21-15(7-18-16(21)8-17-14)11-3-2-4-13(22)5-11/h2-10,22H,1H3. The molecule has 0 aliphatic heterocycles. The lowest BCUT2D eigenvalue weighted by molar-refractivity contribution is 0.475. The summed E-state index contributed by atoms with van der Waals surface area (Å²) in [6, 6.07) is 7.11. The summed E-state index contributed by atoms with van der Waals surface area (Å²) in [5.74, 6) is 0.231. The Hall–Kier alpha value is -3.15. The van der Waals surface area contributed by atoms with Gasteiger partial charge in [-0.1, -0.05) is 12.1 Å². The number of hydrogen-bond acceptors (Lipinski definition) is 4. The first-order valence-electron chi connectivity index (χ1n) is 6.82. The van der Waals surface area contributed by atoms with E-state index in [1.807, 2.05) is 36.0 Å². The fraction of sp³-hybridized carbons (Fsp3) is 0.0625. The van der Waals surface area contributed by atoms with Crippen molar-refractivity contribution < 1.29 is 5.11 Å². The second-order valence-corrected chi connectivity index (χ2v) is 5.10. The van der Waals surface area contributed by atoms with Crippen molar-refractivity contribution in [2.24, 2.45) is 7.05 Å². The largest absolute Gasteiger partial charge is 0.508 e. The summed E-state index contributed by atoms with van der Waals surface area (Å²) in [4.78, 5) is 8.79. The molecule has 0 bridgehead atoms. The topological polar surface area (TPSA) is 68.2 Å². The first-order valence-corrected chi connectivity index (χ1v) is 6.82. The van der Waals surface area contributed by atoms with Crippen molar-refractivity contribution in [3.8, 4) is 28.3 Å². The SMILES string of the molecule is Cn1cc(-c2cn3c(-c4cccc(O)c4)cnc3cn2)cn1. The van der Waals surface area contributed by atoms with Crippen molar-refractivity contribution in [2.45, 2.75) is 0 Å². The Morgan fingerprint density at radius 2 is 1.91 bits per heavy atom. The molecule has 0 spiro atoms. The Balaban J connectivity index is 1.90. The predicted octanol–water partition coefficient (Wildman–Crippen LogP) is 2.50. The Labute approximate surface area is 126 Å². The maximum Gasteiger partial charge on any atom is 0.155 e. The Bertz CT molecular complexity index is 970. The van der Waals surface area contributed by atoms with Crippen LogP contribution in [0.15, 0.2) is 55.2 Å². The number of imidazole rings is 1. The Kier molecular flexibility index (Phi) is 2.69. The van der Waals surface area contributed by atoms with Crippen molar-refractivity contribution in [1.29, 1.82) is 0 Å². The van der Waals surface area contributed by atoms with Gasteiger partial charge in [-0.05, 0) is 12.1 Å². The lowest BCUT2D eigenvalue weighted by atomic mass is 10.1. The van der Waals surface area contributed by atoms with Gasteiger partial charge >= 0.3 is 0 Å². The van der Waals surface area contributed by atoms with Crippen molar-refractivity contribution in [2.75, 3.05) is 0 Å². The van der Waals surface area contributed by atoms with Crippen molar-refractivity contribution in [3.63, 3.8) is 0 Å². The first-order chi connectivity index (χ1) is 10.7. The second kappa shape index (κ2) is 4.70. The van der Waals surface area contributed by atoms with E-state index >= 15 is 0 Å². The van der Waals surface area contributed by atoms with E-state index in [4.69, 9.17) is 0 Å². The highest BCUT2D eigenvalue weighted by molar-refractivity contribution is 5.66. The van der Waals surface area contributed by atoms with Crippen LogP contribution in [0, 0.1) is 0 Å². The number of aryl methyl sites for hydroxylation is 1. The van der Waals surface area contributed by atoms with Crippen molar-refractivity contribution in [1.82, 2.24) is 24.1 Å². The third kappa shape index (κ3) is 2.01. The molecule has 4 aromatic rings. The Morgan fingerprint density at radius 3 is 2.68 bits per heavy atom. The maximum absolute atomic E-state index is 9.67. The highest BCUT2D eigenvalue weighted by Gasteiger charge is 2.09. The highest BCUT2D eigenvalue weighted by atomic mass is 16.3. The summed E-state index contributed by atoms with van der Waals surface area (Å²) in [5.41, 5.74) is 4.32. The third-order valence-corrected chi connectivity index (χ3v) is 3.54. The number of phenols is 1. The number of aromatic nitrogens is 5. The molecule has 0 aliphatic rings. The summed E-state index contributed by atoms with van der Waals surface area (Å²) in [5, 5.41) is 13.8. The van der Waals surface area contributed by atoms with Gasteiger partial charge in [-0.25, -0.2) is 4.98 Å². The molecule has 4 rings (SSSR count). The first kappa shape index (κ1) is 12.6. The van der Waals surface area contributed by atoms with Gasteiger partial charge < -0.3 is 5.11 Å². The number of fused-ring (bicyclic) bond motifs is 1. The molecule has 22 heavy (non-hydrogen) atoms. The van der Waals surface area contributed by atoms with Crippen LogP contribution in [0.1, 0.15) is 0 Å². The van der Waals surface area contributed by atoms with E-state index in [0.717, 1.165) is 28.2 Å². The minimum Gasteiger partial charge on any atom is -0.508 e. The smallest absolute Gasteiger partial charge is 0.155 e. The molecule has 0 unspecified atom stereocenters. The van der Waals surface area contributed by atoms with Crippen LogP contribution in [0.2, 0.25) is 0 Å². The fourth-order valence-electron chi connectivity index (χ4n) is 2.47. The maximum atomic E-state index is 9.67. The normalized spacial score (nSPS) is 11.1. The van der Waals surface area contributed by atoms with E-state index in [0.29, 0.717) is 0 Å². The van der Waals surface area contributed by atoms with Gasteiger partial charge in [0, 0.05) is 30.6 Å². The molecule has 0 fully saturated rings. The lowest BCUT2D eigenvalue weighted by Crippen LogP contribution is -1.92. The summed E-state index contributed by atoms with van der Waals surface area (Å²) < 4.78 is 3.70. The van der Waals surface area contributed by atoms with E-state index in [1.165, 1.54) is 0 Å². The van der Waals surface area contributed by atoms with Gasteiger partial charge in [-0.15, -0.1) is 0 Å². The minimum absolute atomic E-state index is 0.231. The summed E-state index contributed by atoms with van der Waals surface area (Å²) in [6.45, 7) is 0. The molecule has 1 N–H and O–H groups in total. The zero-order valence-corrected chi connectivity index (χ0v) is 11.9. The number of benzene rings is 1. The summed E-state index contributed by atoms with van der Waals surface area (Å²) >= 11 is 0. The van der Waals surface area contributed by atoms with E-state index in [2.05, 4.69) is 15.1 Å². The zero-order chi connectivity index (χ0) is 15.1. The average molecular weight is 291 g/mol. The Morgan fingerprint density at radius 1 is 1.00 bits per heavy atom. The number of aromatic hydroxyl groups is 1. The van der Waals surface area contributed by atoms with Gasteiger partial charge in [0.2, 0.25) is 0 Å². The molecule has 108 valence electrons. The van der Waals surface area contributed by atoms with Crippen LogP contribution in [0.5, 0.6) is 5.75 Å². The number of nitrogens with zero attached hydrogens (tertiary/aromatic N) is 5. The number of hydrogen-bond donors (Lipinski definition) is 1. The molecule has 0 aliphatic carbocycles. The molecule has 6 heteroatoms. The van der Waals surface area contributed by atoms with Gasteiger partial charge in [0.25, 0.3) is 0 Å². The third-order valence-electron chi connectivity index (χ3n) is 3.54. The van der Waals surface area contributed by atoms with E-state index in [9.17, 15) is 5.11 Å². The molecule has 3 aromatic heterocycles. The van der Waals surface area contributed by atoms with Crippen LogP contribution in [0.3, 0.4) is 0 Å². The predicted molar refractivity (Wildman–Crippen MR) is 82.3 cm³/mol. The fourth-order valence-corrected chi connectivity index (χ4v) is 2.47. The minimum atomic E-state index is 0.231. The molecule has 6 nitrogen and oxygen atoms in total. The van der Waals surface area contributed by atoms with Crippen LogP contribution in [0.25, 0.3) is 28.2 Å². The number of phenolic OH excluding ortho intramolecular Hbond substituents is 1. The number of rotatable bonds is 2. The molecule has 0 saturated carbocycles. The van der Waals surface area contributed by atoms with Gasteiger partial charge in [0.05, 0.1) is 30.0 Å². The van der Waals surface area contributed by atoms with Gasteiger partial charge in [-0.3, -0.25) is 14.1 Å². The monoisotopic (exact) mass is 291 g/mol. The zero-order valence-electron chi connectivity index (χ0n) is 11.9. The van der Waals surface area contributed by atoms with E-state index in [-0.39, 0.29) is 5.75 Å². The molecule has 0 saturated heterocycles. The molecular formula is C16H13N5O. The van der Waals surface area contributed by atoms with Crippen LogP contribution in [-0.2, 0) is 7.05 Å². The molecular weight excluding hydrogens is 278 g/mol. The van der Waals surface area contributed by atoms with Gasteiger partial charge in [-0.2, -0.15) is 5.10 Å². The quantitative estimate of drug-likeness (QED) is 0.616. The van der Waals surface area contributed by atoms with Crippen LogP contribution >= 0.6 is 0 Å². The molecule has 0 amide bonds. The van der Waals surface area contributed by atoms with Crippen LogP contribution in [0.4, 0.5) is 0 Å². The van der Waals surface area contributed by atoms with Crippen LogP contribution < -0.4 is 0 Å². The van der Waals surface area contributed by atoms with Crippen molar-refractivity contribution in [3.05, 3.63) is 55.2 Å². The van der Waals surface area contributed by atoms with E-state index in [1.54, 1.807) is 35.4 Å². The van der Waals surface area contributed by atoms with Crippen molar-refractivity contribution >= 4 is 5.65 Å². The van der Waals surface area contributed by atoms with Gasteiger partial charge in [0.15, 0.2) is 5.65 Å². The molecule has 0 radical (unpaired) electrons. The molecule has 1 aromatic carbocycles. The molecule has 3 heterocycles. The lowest BCUT2D eigenvalue weighted by Gasteiger charge is -2.04. The molecule has 0 atom stereocenters.